The quantitative estimate of drug-likeness (QED) is 0.551. The lowest BCUT2D eigenvalue weighted by Crippen LogP contribution is -2.28. The van der Waals surface area contributed by atoms with Gasteiger partial charge in [0.2, 0.25) is 0 Å². The zero-order valence-electron chi connectivity index (χ0n) is 10.5. The second kappa shape index (κ2) is 7.29. The summed E-state index contributed by atoms with van der Waals surface area (Å²) < 4.78 is 0. The van der Waals surface area contributed by atoms with Crippen molar-refractivity contribution in [3.8, 4) is 0 Å². The number of rotatable bonds is 3. The Hall–Kier alpha value is -2.19. The molecule has 3 N–H and O–H groups in total. The molecule has 1 aliphatic heterocycles. The van der Waals surface area contributed by atoms with E-state index in [1.54, 1.807) is 12.1 Å². The molecule has 1 saturated heterocycles. The van der Waals surface area contributed by atoms with E-state index in [0.29, 0.717) is 0 Å². The van der Waals surface area contributed by atoms with Gasteiger partial charge in [-0.15, -0.1) is 0 Å². The molecule has 0 saturated carbocycles. The summed E-state index contributed by atoms with van der Waals surface area (Å²) in [6, 6.07) is 6.39. The summed E-state index contributed by atoms with van der Waals surface area (Å²) in [7, 11) is 0. The lowest BCUT2D eigenvalue weighted by atomic mass is 10.3. The average Bonchev–Trinajstić information content (AvgIpc) is 2.82. The number of hydrogen-bond acceptors (Lipinski definition) is 6. The molecular weight excluding hydrogens is 252 g/mol. The standard InChI is InChI=1S/C9H12N4O2.C2H4O2/c14-13(15)9-3-1-8(2-4-9)11-12-6-5-10-7-12;1-2(3)4/h1-4,10-11H,5-7H2;1H3,(H,3,4). The summed E-state index contributed by atoms with van der Waals surface area (Å²) in [4.78, 5) is 19.0. The zero-order valence-corrected chi connectivity index (χ0v) is 10.5. The molecule has 0 bridgehead atoms. The molecule has 8 heteroatoms. The average molecular weight is 268 g/mol. The Morgan fingerprint density at radius 1 is 1.47 bits per heavy atom. The molecule has 0 amide bonds. The van der Waals surface area contributed by atoms with Gasteiger partial charge in [0.15, 0.2) is 0 Å². The van der Waals surface area contributed by atoms with E-state index >= 15 is 0 Å². The molecule has 1 aromatic rings. The maximum Gasteiger partial charge on any atom is 0.300 e. The van der Waals surface area contributed by atoms with Crippen LogP contribution in [0.15, 0.2) is 24.3 Å². The van der Waals surface area contributed by atoms with Gasteiger partial charge in [0.05, 0.1) is 11.6 Å². The van der Waals surface area contributed by atoms with Crippen LogP contribution in [-0.4, -0.2) is 40.8 Å². The minimum Gasteiger partial charge on any atom is -0.481 e. The third-order valence-electron chi connectivity index (χ3n) is 2.23. The Labute approximate surface area is 110 Å². The van der Waals surface area contributed by atoms with Crippen LogP contribution >= 0.6 is 0 Å². The monoisotopic (exact) mass is 268 g/mol. The molecule has 1 heterocycles. The van der Waals surface area contributed by atoms with Gasteiger partial charge < -0.3 is 15.8 Å². The van der Waals surface area contributed by atoms with Crippen LogP contribution in [0, 0.1) is 10.1 Å². The van der Waals surface area contributed by atoms with Crippen molar-refractivity contribution >= 4 is 17.3 Å². The van der Waals surface area contributed by atoms with Crippen LogP contribution in [0.3, 0.4) is 0 Å². The van der Waals surface area contributed by atoms with E-state index in [4.69, 9.17) is 9.90 Å². The third kappa shape index (κ3) is 5.80. The number of nitro benzene ring substituents is 1. The summed E-state index contributed by atoms with van der Waals surface area (Å²) in [5, 5.41) is 23.0. The fraction of sp³-hybridized carbons (Fsp3) is 0.364. The first-order valence-corrected chi connectivity index (χ1v) is 5.65. The molecule has 1 fully saturated rings. The zero-order chi connectivity index (χ0) is 14.3. The van der Waals surface area contributed by atoms with Crippen molar-refractivity contribution in [2.24, 2.45) is 0 Å². The van der Waals surface area contributed by atoms with Crippen molar-refractivity contribution < 1.29 is 14.8 Å². The Balaban J connectivity index is 0.000000399. The predicted octanol–water partition coefficient (Wildman–Crippen LogP) is 0.875. The molecule has 0 aliphatic carbocycles. The van der Waals surface area contributed by atoms with Crippen molar-refractivity contribution in [2.45, 2.75) is 6.92 Å². The highest BCUT2D eigenvalue weighted by Crippen LogP contribution is 2.15. The van der Waals surface area contributed by atoms with E-state index in [0.717, 1.165) is 32.4 Å². The van der Waals surface area contributed by atoms with Crippen molar-refractivity contribution in [1.29, 1.82) is 0 Å². The lowest BCUT2D eigenvalue weighted by molar-refractivity contribution is -0.384. The van der Waals surface area contributed by atoms with Crippen LogP contribution < -0.4 is 10.7 Å². The van der Waals surface area contributed by atoms with Crippen molar-refractivity contribution in [1.82, 2.24) is 10.3 Å². The van der Waals surface area contributed by atoms with Crippen LogP contribution in [0.2, 0.25) is 0 Å². The van der Waals surface area contributed by atoms with Gasteiger partial charge in [-0.05, 0) is 12.1 Å². The number of carboxylic acid groups (broad SMARTS) is 1. The normalized spacial score (nSPS) is 14.4. The van der Waals surface area contributed by atoms with Crippen LogP contribution in [0.5, 0.6) is 0 Å². The molecule has 104 valence electrons. The number of nitrogens with one attached hydrogen (secondary N) is 2. The number of carbonyl (C=O) groups is 1. The number of carboxylic acids is 1. The Morgan fingerprint density at radius 3 is 2.47 bits per heavy atom. The first kappa shape index (κ1) is 14.9. The van der Waals surface area contributed by atoms with Gasteiger partial charge in [-0.3, -0.25) is 14.9 Å². The van der Waals surface area contributed by atoms with Gasteiger partial charge >= 0.3 is 0 Å². The van der Waals surface area contributed by atoms with Gasteiger partial charge in [-0.2, -0.15) is 0 Å². The fourth-order valence-corrected chi connectivity index (χ4v) is 1.44. The van der Waals surface area contributed by atoms with Crippen LogP contribution in [-0.2, 0) is 4.79 Å². The first-order valence-electron chi connectivity index (χ1n) is 5.65. The van der Waals surface area contributed by atoms with Crippen LogP contribution in [0.1, 0.15) is 6.92 Å². The van der Waals surface area contributed by atoms with Crippen molar-refractivity contribution in [3.63, 3.8) is 0 Å². The van der Waals surface area contributed by atoms with E-state index in [9.17, 15) is 10.1 Å². The maximum atomic E-state index is 10.4. The van der Waals surface area contributed by atoms with Gasteiger partial charge in [-0.1, -0.05) is 0 Å². The molecule has 1 aliphatic rings. The Bertz CT molecular complexity index is 425. The topological polar surface area (TPSA) is 108 Å². The number of nitro groups is 1. The maximum absolute atomic E-state index is 10.4. The smallest absolute Gasteiger partial charge is 0.300 e. The minimum absolute atomic E-state index is 0.111. The molecule has 0 spiro atoms. The lowest BCUT2D eigenvalue weighted by Gasteiger charge is -2.16. The highest BCUT2D eigenvalue weighted by molar-refractivity contribution is 5.62. The molecule has 0 radical (unpaired) electrons. The number of anilines is 1. The second-order valence-electron chi connectivity index (χ2n) is 3.86. The Kier molecular flexibility index (Phi) is 5.71. The van der Waals surface area contributed by atoms with Gasteiger partial charge in [0.25, 0.3) is 11.7 Å². The fourth-order valence-electron chi connectivity index (χ4n) is 1.44. The van der Waals surface area contributed by atoms with E-state index in [2.05, 4.69) is 10.7 Å². The SMILES string of the molecule is CC(=O)O.O=[N+]([O-])c1ccc(NN2CCNC2)cc1. The third-order valence-corrected chi connectivity index (χ3v) is 2.23. The second-order valence-corrected chi connectivity index (χ2v) is 3.86. The molecule has 0 unspecified atom stereocenters. The van der Waals surface area contributed by atoms with Crippen LogP contribution in [0.25, 0.3) is 0 Å². The first-order chi connectivity index (χ1) is 8.99. The molecule has 0 atom stereocenters. The highest BCUT2D eigenvalue weighted by atomic mass is 16.6. The molecule has 1 aromatic carbocycles. The largest absolute Gasteiger partial charge is 0.481 e. The number of hydrazine groups is 1. The summed E-state index contributed by atoms with van der Waals surface area (Å²) >= 11 is 0. The van der Waals surface area contributed by atoms with Gasteiger partial charge in [0.1, 0.15) is 0 Å². The number of aliphatic carboxylic acids is 1. The van der Waals surface area contributed by atoms with E-state index < -0.39 is 10.9 Å². The van der Waals surface area contributed by atoms with Gasteiger partial charge in [0, 0.05) is 37.8 Å². The minimum atomic E-state index is -0.833. The number of nitrogens with zero attached hydrogens (tertiary/aromatic N) is 2. The summed E-state index contributed by atoms with van der Waals surface area (Å²) in [5.41, 5.74) is 4.13. The van der Waals surface area contributed by atoms with Gasteiger partial charge in [-0.25, -0.2) is 5.01 Å². The number of non-ortho nitro benzene ring substituents is 1. The summed E-state index contributed by atoms with van der Waals surface area (Å²) in [5.74, 6) is -0.833. The van der Waals surface area contributed by atoms with E-state index in [-0.39, 0.29) is 5.69 Å². The molecule has 2 rings (SSSR count). The van der Waals surface area contributed by atoms with E-state index in [1.165, 1.54) is 12.1 Å². The molecular formula is C11H16N4O4. The van der Waals surface area contributed by atoms with E-state index in [1.807, 2.05) is 5.01 Å². The number of benzene rings is 1. The molecule has 0 aromatic heterocycles. The molecule has 19 heavy (non-hydrogen) atoms. The predicted molar refractivity (Wildman–Crippen MR) is 69.6 cm³/mol. The Morgan fingerprint density at radius 2 is 2.05 bits per heavy atom. The van der Waals surface area contributed by atoms with Crippen molar-refractivity contribution in [3.05, 3.63) is 34.4 Å². The summed E-state index contributed by atoms with van der Waals surface area (Å²) in [6.07, 6.45) is 0. The molecule has 8 nitrogen and oxygen atoms in total. The summed E-state index contributed by atoms with van der Waals surface area (Å²) in [6.45, 7) is 3.76. The highest BCUT2D eigenvalue weighted by Gasteiger charge is 2.10. The van der Waals surface area contributed by atoms with Crippen LogP contribution in [0.4, 0.5) is 11.4 Å². The number of hydrogen-bond donors (Lipinski definition) is 3. The van der Waals surface area contributed by atoms with Crippen molar-refractivity contribution in [2.75, 3.05) is 25.2 Å².